The zero-order valence-corrected chi connectivity index (χ0v) is 21.0. The fourth-order valence-electron chi connectivity index (χ4n) is 4.32. The minimum absolute atomic E-state index is 0.0238. The molecule has 186 valence electrons. The lowest BCUT2D eigenvalue weighted by molar-refractivity contribution is -0.384. The molecule has 2 heterocycles. The van der Waals surface area contributed by atoms with E-state index in [4.69, 9.17) is 0 Å². The standard InChI is InChI=1S/C25H25N5O4S2/c31-30(32)21-8-10-22(11-9-21)36(33,34)27-20-5-3-4-19(18-20)12-13-28-14-16-29(17-15-28)25-23-6-1-2-7-24(23)35-26-25/h1-11,18,27H,12-17H2. The molecule has 1 aromatic heterocycles. The minimum Gasteiger partial charge on any atom is -0.353 e. The Morgan fingerprint density at radius 1 is 0.972 bits per heavy atom. The Labute approximate surface area is 213 Å². The number of sulfonamides is 1. The van der Waals surface area contributed by atoms with E-state index in [1.54, 1.807) is 17.6 Å². The van der Waals surface area contributed by atoms with E-state index in [0.29, 0.717) is 5.69 Å². The van der Waals surface area contributed by atoms with E-state index in [1.807, 2.05) is 24.3 Å². The van der Waals surface area contributed by atoms with Gasteiger partial charge in [-0.05, 0) is 59.9 Å². The van der Waals surface area contributed by atoms with Crippen LogP contribution < -0.4 is 9.62 Å². The number of fused-ring (bicyclic) bond motifs is 1. The predicted molar refractivity (Wildman–Crippen MR) is 142 cm³/mol. The summed E-state index contributed by atoms with van der Waals surface area (Å²) in [6, 6.07) is 20.5. The van der Waals surface area contributed by atoms with Crippen molar-refractivity contribution in [2.45, 2.75) is 11.3 Å². The molecule has 3 aromatic carbocycles. The van der Waals surface area contributed by atoms with Crippen LogP contribution in [0.2, 0.25) is 0 Å². The Hall–Kier alpha value is -3.54. The third-order valence-electron chi connectivity index (χ3n) is 6.28. The number of rotatable bonds is 8. The molecule has 0 radical (unpaired) electrons. The number of benzene rings is 3. The van der Waals surface area contributed by atoms with Gasteiger partial charge in [0.1, 0.15) is 5.82 Å². The van der Waals surface area contributed by atoms with Gasteiger partial charge in [-0.25, -0.2) is 8.42 Å². The van der Waals surface area contributed by atoms with Gasteiger partial charge in [-0.1, -0.05) is 24.3 Å². The van der Waals surface area contributed by atoms with Crippen LogP contribution in [-0.2, 0) is 16.4 Å². The molecule has 0 amide bonds. The van der Waals surface area contributed by atoms with Gasteiger partial charge in [0.2, 0.25) is 0 Å². The number of hydrogen-bond acceptors (Lipinski definition) is 8. The molecule has 0 aliphatic carbocycles. The molecule has 4 aromatic rings. The molecule has 5 rings (SSSR count). The van der Waals surface area contributed by atoms with Crippen molar-refractivity contribution in [1.29, 1.82) is 0 Å². The zero-order valence-electron chi connectivity index (χ0n) is 19.4. The van der Waals surface area contributed by atoms with Crippen molar-refractivity contribution >= 4 is 48.8 Å². The van der Waals surface area contributed by atoms with Crippen LogP contribution in [0.1, 0.15) is 5.56 Å². The number of hydrogen-bond donors (Lipinski definition) is 1. The van der Waals surface area contributed by atoms with Crippen molar-refractivity contribution in [3.63, 3.8) is 0 Å². The van der Waals surface area contributed by atoms with Crippen molar-refractivity contribution < 1.29 is 13.3 Å². The van der Waals surface area contributed by atoms with E-state index in [9.17, 15) is 18.5 Å². The Bertz CT molecular complexity index is 1480. The molecule has 0 atom stereocenters. The Balaban J connectivity index is 1.16. The van der Waals surface area contributed by atoms with Gasteiger partial charge in [0.05, 0.1) is 14.5 Å². The van der Waals surface area contributed by atoms with E-state index in [1.165, 1.54) is 34.4 Å². The quantitative estimate of drug-likeness (QED) is 0.270. The number of nitro groups is 1. The third kappa shape index (κ3) is 5.32. The van der Waals surface area contributed by atoms with E-state index in [0.717, 1.165) is 50.5 Å². The summed E-state index contributed by atoms with van der Waals surface area (Å²) < 4.78 is 33.9. The minimum atomic E-state index is -3.84. The lowest BCUT2D eigenvalue weighted by atomic mass is 10.1. The SMILES string of the molecule is O=[N+]([O-])c1ccc(S(=O)(=O)Nc2cccc(CCN3CCN(c4nsc5ccccc45)CC3)c2)cc1. The molecule has 9 nitrogen and oxygen atoms in total. The first-order valence-electron chi connectivity index (χ1n) is 11.6. The van der Waals surface area contributed by atoms with Crippen molar-refractivity contribution in [3.05, 3.63) is 88.5 Å². The van der Waals surface area contributed by atoms with Gasteiger partial charge in [-0.2, -0.15) is 4.37 Å². The average molecular weight is 524 g/mol. The van der Waals surface area contributed by atoms with Gasteiger partial charge >= 0.3 is 0 Å². The maximum atomic E-state index is 12.7. The molecular weight excluding hydrogens is 498 g/mol. The number of piperazine rings is 1. The van der Waals surface area contributed by atoms with E-state index in [-0.39, 0.29) is 10.6 Å². The highest BCUT2D eigenvalue weighted by molar-refractivity contribution is 7.92. The molecular formula is C25H25N5O4S2. The second-order valence-corrected chi connectivity index (χ2v) is 11.1. The molecule has 1 saturated heterocycles. The summed E-state index contributed by atoms with van der Waals surface area (Å²) in [6.07, 6.45) is 0.798. The lowest BCUT2D eigenvalue weighted by Gasteiger charge is -2.35. The van der Waals surface area contributed by atoms with Crippen LogP contribution in [0.3, 0.4) is 0 Å². The number of nitrogens with zero attached hydrogens (tertiary/aromatic N) is 4. The second-order valence-electron chi connectivity index (χ2n) is 8.64. The lowest BCUT2D eigenvalue weighted by Crippen LogP contribution is -2.47. The molecule has 11 heteroatoms. The molecule has 1 aliphatic rings. The molecule has 0 bridgehead atoms. The van der Waals surface area contributed by atoms with Gasteiger partial charge in [0.25, 0.3) is 15.7 Å². The fraction of sp³-hybridized carbons (Fsp3) is 0.240. The average Bonchev–Trinajstić information content (AvgIpc) is 3.32. The first kappa shape index (κ1) is 24.2. The van der Waals surface area contributed by atoms with Crippen LogP contribution in [0, 0.1) is 10.1 Å². The first-order chi connectivity index (χ1) is 17.4. The predicted octanol–water partition coefficient (Wildman–Crippen LogP) is 4.37. The first-order valence-corrected chi connectivity index (χ1v) is 13.8. The summed E-state index contributed by atoms with van der Waals surface area (Å²) in [7, 11) is -3.84. The Morgan fingerprint density at radius 3 is 2.47 bits per heavy atom. The molecule has 1 fully saturated rings. The highest BCUT2D eigenvalue weighted by Gasteiger charge is 2.21. The fourth-order valence-corrected chi connectivity index (χ4v) is 6.17. The number of non-ortho nitro benzene ring substituents is 1. The number of anilines is 2. The number of aromatic nitrogens is 1. The summed E-state index contributed by atoms with van der Waals surface area (Å²) in [6.45, 7) is 4.60. The molecule has 0 saturated carbocycles. The molecule has 0 spiro atoms. The highest BCUT2D eigenvalue weighted by Crippen LogP contribution is 2.30. The van der Waals surface area contributed by atoms with Gasteiger partial charge in [0.15, 0.2) is 0 Å². The van der Waals surface area contributed by atoms with E-state index < -0.39 is 14.9 Å². The molecule has 0 unspecified atom stereocenters. The van der Waals surface area contributed by atoms with E-state index in [2.05, 4.69) is 37.1 Å². The molecule has 36 heavy (non-hydrogen) atoms. The second kappa shape index (κ2) is 10.2. The summed E-state index contributed by atoms with van der Waals surface area (Å²) in [5.74, 6) is 1.07. The topological polar surface area (TPSA) is 109 Å². The van der Waals surface area contributed by atoms with Crippen LogP contribution in [0.5, 0.6) is 0 Å². The number of nitro benzene ring substituents is 1. The van der Waals surface area contributed by atoms with Crippen molar-refractivity contribution in [3.8, 4) is 0 Å². The van der Waals surface area contributed by atoms with Gasteiger partial charge in [-0.15, -0.1) is 0 Å². The smallest absolute Gasteiger partial charge is 0.269 e. The van der Waals surface area contributed by atoms with Crippen LogP contribution in [0.15, 0.2) is 77.7 Å². The maximum Gasteiger partial charge on any atom is 0.269 e. The van der Waals surface area contributed by atoms with Crippen molar-refractivity contribution in [2.75, 3.05) is 42.3 Å². The van der Waals surface area contributed by atoms with Gasteiger partial charge in [-0.3, -0.25) is 19.7 Å². The summed E-state index contributed by atoms with van der Waals surface area (Å²) in [5.41, 5.74) is 1.34. The Morgan fingerprint density at radius 2 is 1.72 bits per heavy atom. The number of nitrogens with one attached hydrogen (secondary N) is 1. The maximum absolute atomic E-state index is 12.7. The molecule has 1 N–H and O–H groups in total. The van der Waals surface area contributed by atoms with Gasteiger partial charge in [0, 0.05) is 55.9 Å². The largest absolute Gasteiger partial charge is 0.353 e. The van der Waals surface area contributed by atoms with Crippen LogP contribution in [-0.4, -0.2) is 55.3 Å². The summed E-state index contributed by atoms with van der Waals surface area (Å²) in [5, 5.41) is 12.0. The summed E-state index contributed by atoms with van der Waals surface area (Å²) >= 11 is 1.54. The third-order valence-corrected chi connectivity index (χ3v) is 8.50. The van der Waals surface area contributed by atoms with E-state index >= 15 is 0 Å². The summed E-state index contributed by atoms with van der Waals surface area (Å²) in [4.78, 5) is 15.0. The van der Waals surface area contributed by atoms with Gasteiger partial charge < -0.3 is 4.90 Å². The molecule has 1 aliphatic heterocycles. The normalized spacial score (nSPS) is 14.7. The van der Waals surface area contributed by atoms with Crippen LogP contribution >= 0.6 is 11.5 Å². The highest BCUT2D eigenvalue weighted by atomic mass is 32.2. The monoisotopic (exact) mass is 523 g/mol. The van der Waals surface area contributed by atoms with Crippen molar-refractivity contribution in [2.24, 2.45) is 0 Å². The van der Waals surface area contributed by atoms with Crippen LogP contribution in [0.25, 0.3) is 10.1 Å². The van der Waals surface area contributed by atoms with Crippen LogP contribution in [0.4, 0.5) is 17.2 Å². The van der Waals surface area contributed by atoms with Crippen molar-refractivity contribution in [1.82, 2.24) is 9.27 Å². The zero-order chi connectivity index (χ0) is 25.1. The Kier molecular flexibility index (Phi) is 6.86.